The molecule has 3 nitrogen and oxygen atoms in total. The van der Waals surface area contributed by atoms with Crippen molar-refractivity contribution in [2.24, 2.45) is 0 Å². The number of esters is 1. The average molecular weight is 228 g/mol. The van der Waals surface area contributed by atoms with Crippen molar-refractivity contribution in [3.05, 3.63) is 28.8 Å². The molecule has 82 valence electrons. The average Bonchev–Trinajstić information content (AvgIpc) is 2.20. The highest BCUT2D eigenvalue weighted by molar-refractivity contribution is 6.33. The lowest BCUT2D eigenvalue weighted by Crippen LogP contribution is -2.16. The predicted molar refractivity (Wildman–Crippen MR) is 61.3 cm³/mol. The molecule has 15 heavy (non-hydrogen) atoms. The molecule has 0 saturated carbocycles. The Morgan fingerprint density at radius 3 is 2.93 bits per heavy atom. The number of hydrogen-bond acceptors (Lipinski definition) is 3. The Morgan fingerprint density at radius 2 is 2.27 bits per heavy atom. The van der Waals surface area contributed by atoms with Crippen LogP contribution < -0.4 is 5.32 Å². The minimum atomic E-state index is -0.282. The molecule has 0 amide bonds. The quantitative estimate of drug-likeness (QED) is 0.804. The van der Waals surface area contributed by atoms with Crippen LogP contribution in [0.4, 0.5) is 5.69 Å². The van der Waals surface area contributed by atoms with E-state index in [-0.39, 0.29) is 12.5 Å². The van der Waals surface area contributed by atoms with E-state index in [1.54, 1.807) is 13.0 Å². The van der Waals surface area contributed by atoms with E-state index in [2.05, 4.69) is 5.32 Å². The van der Waals surface area contributed by atoms with Crippen LogP contribution in [0.1, 0.15) is 12.5 Å². The molecule has 0 saturated heterocycles. The molecule has 0 unspecified atom stereocenters. The Labute approximate surface area is 94.4 Å². The van der Waals surface area contributed by atoms with Crippen molar-refractivity contribution in [3.63, 3.8) is 0 Å². The summed E-state index contributed by atoms with van der Waals surface area (Å²) in [5.41, 5.74) is 1.84. The van der Waals surface area contributed by atoms with Crippen LogP contribution in [0.5, 0.6) is 0 Å². The minimum absolute atomic E-state index is 0.136. The van der Waals surface area contributed by atoms with Gasteiger partial charge in [0, 0.05) is 0 Å². The number of halogens is 1. The minimum Gasteiger partial charge on any atom is -0.465 e. The highest BCUT2D eigenvalue weighted by atomic mass is 35.5. The Hall–Kier alpha value is -1.22. The van der Waals surface area contributed by atoms with Crippen LogP contribution >= 0.6 is 11.6 Å². The molecule has 1 aromatic carbocycles. The molecule has 0 atom stereocenters. The summed E-state index contributed by atoms with van der Waals surface area (Å²) in [7, 11) is 0. The van der Waals surface area contributed by atoms with E-state index >= 15 is 0 Å². The summed E-state index contributed by atoms with van der Waals surface area (Å²) in [5, 5.41) is 3.53. The fourth-order valence-corrected chi connectivity index (χ4v) is 1.34. The standard InChI is InChI=1S/C11H14ClNO2/c1-3-15-11(14)7-13-10-6-8(2)4-5-9(10)12/h4-6,13H,3,7H2,1-2H3. The predicted octanol–water partition coefficient (Wildman–Crippen LogP) is 2.62. The van der Waals surface area contributed by atoms with Gasteiger partial charge in [0.05, 0.1) is 17.3 Å². The topological polar surface area (TPSA) is 38.3 Å². The summed E-state index contributed by atoms with van der Waals surface area (Å²) in [5.74, 6) is -0.282. The van der Waals surface area contributed by atoms with Crippen molar-refractivity contribution >= 4 is 23.3 Å². The summed E-state index contributed by atoms with van der Waals surface area (Å²) >= 11 is 5.94. The third-order valence-electron chi connectivity index (χ3n) is 1.85. The lowest BCUT2D eigenvalue weighted by Gasteiger charge is -2.08. The molecule has 0 heterocycles. The van der Waals surface area contributed by atoms with Crippen LogP contribution in [0, 0.1) is 6.92 Å². The first-order valence-corrected chi connectivity index (χ1v) is 5.17. The number of aryl methyl sites for hydroxylation is 1. The number of benzene rings is 1. The Balaban J connectivity index is 2.57. The normalized spacial score (nSPS) is 9.80. The van der Waals surface area contributed by atoms with Crippen molar-refractivity contribution in [2.45, 2.75) is 13.8 Å². The molecule has 0 fully saturated rings. The van der Waals surface area contributed by atoms with E-state index < -0.39 is 0 Å². The van der Waals surface area contributed by atoms with Gasteiger partial charge in [0.2, 0.25) is 0 Å². The fraction of sp³-hybridized carbons (Fsp3) is 0.364. The lowest BCUT2D eigenvalue weighted by molar-refractivity contribution is -0.140. The number of rotatable bonds is 4. The van der Waals surface area contributed by atoms with E-state index in [4.69, 9.17) is 16.3 Å². The van der Waals surface area contributed by atoms with Gasteiger partial charge in [0.15, 0.2) is 0 Å². The van der Waals surface area contributed by atoms with Gasteiger partial charge in [-0.05, 0) is 31.5 Å². The van der Waals surface area contributed by atoms with Gasteiger partial charge < -0.3 is 10.1 Å². The zero-order valence-electron chi connectivity index (χ0n) is 8.84. The van der Waals surface area contributed by atoms with E-state index in [1.165, 1.54) is 0 Å². The van der Waals surface area contributed by atoms with Crippen LogP contribution in [-0.2, 0) is 9.53 Å². The number of ether oxygens (including phenoxy) is 1. The Kier molecular flexibility index (Phi) is 4.43. The summed E-state index contributed by atoms with van der Waals surface area (Å²) < 4.78 is 4.79. The summed E-state index contributed by atoms with van der Waals surface area (Å²) in [4.78, 5) is 11.1. The van der Waals surface area contributed by atoms with Crippen LogP contribution in [0.25, 0.3) is 0 Å². The van der Waals surface area contributed by atoms with Gasteiger partial charge >= 0.3 is 5.97 Å². The number of anilines is 1. The third kappa shape index (κ3) is 3.80. The zero-order chi connectivity index (χ0) is 11.3. The van der Waals surface area contributed by atoms with Crippen molar-refractivity contribution in [2.75, 3.05) is 18.5 Å². The van der Waals surface area contributed by atoms with E-state index in [1.807, 2.05) is 19.1 Å². The molecule has 0 spiro atoms. The Bertz CT molecular complexity index is 352. The van der Waals surface area contributed by atoms with Gasteiger partial charge in [0.25, 0.3) is 0 Å². The number of carbonyl (C=O) groups is 1. The molecule has 0 aliphatic heterocycles. The molecule has 0 radical (unpaired) electrons. The summed E-state index contributed by atoms with van der Waals surface area (Å²) in [6.07, 6.45) is 0. The van der Waals surface area contributed by atoms with Gasteiger partial charge in [0.1, 0.15) is 6.54 Å². The van der Waals surface area contributed by atoms with Crippen LogP contribution in [0.2, 0.25) is 5.02 Å². The molecule has 1 rings (SSSR count). The molecule has 4 heteroatoms. The highest BCUT2D eigenvalue weighted by Gasteiger charge is 2.04. The van der Waals surface area contributed by atoms with Crippen molar-refractivity contribution in [1.29, 1.82) is 0 Å². The van der Waals surface area contributed by atoms with Crippen LogP contribution in [0.15, 0.2) is 18.2 Å². The van der Waals surface area contributed by atoms with Crippen LogP contribution in [-0.4, -0.2) is 19.1 Å². The first kappa shape index (κ1) is 11.9. The largest absolute Gasteiger partial charge is 0.465 e. The van der Waals surface area contributed by atoms with Crippen molar-refractivity contribution in [1.82, 2.24) is 0 Å². The smallest absolute Gasteiger partial charge is 0.325 e. The van der Waals surface area contributed by atoms with Crippen LogP contribution in [0.3, 0.4) is 0 Å². The van der Waals surface area contributed by atoms with Gasteiger partial charge in [-0.25, -0.2) is 0 Å². The number of nitrogens with one attached hydrogen (secondary N) is 1. The maximum atomic E-state index is 11.1. The molecular weight excluding hydrogens is 214 g/mol. The molecule has 1 aromatic rings. The van der Waals surface area contributed by atoms with E-state index in [9.17, 15) is 4.79 Å². The first-order valence-electron chi connectivity index (χ1n) is 4.79. The second-order valence-electron chi connectivity index (χ2n) is 3.14. The highest BCUT2D eigenvalue weighted by Crippen LogP contribution is 2.22. The molecule has 1 N–H and O–H groups in total. The molecule has 0 aliphatic carbocycles. The monoisotopic (exact) mass is 227 g/mol. The molecule has 0 aliphatic rings. The van der Waals surface area contributed by atoms with Gasteiger partial charge in [-0.15, -0.1) is 0 Å². The third-order valence-corrected chi connectivity index (χ3v) is 2.18. The molecule has 0 aromatic heterocycles. The fourth-order valence-electron chi connectivity index (χ4n) is 1.15. The van der Waals surface area contributed by atoms with Gasteiger partial charge in [-0.1, -0.05) is 17.7 Å². The molecular formula is C11H14ClNO2. The number of carbonyl (C=O) groups excluding carboxylic acids is 1. The summed E-state index contributed by atoms with van der Waals surface area (Å²) in [6, 6.07) is 5.60. The van der Waals surface area contributed by atoms with E-state index in [0.29, 0.717) is 11.6 Å². The van der Waals surface area contributed by atoms with Gasteiger partial charge in [-0.2, -0.15) is 0 Å². The SMILES string of the molecule is CCOC(=O)CNc1cc(C)ccc1Cl. The second kappa shape index (κ2) is 5.61. The van der Waals surface area contributed by atoms with E-state index in [0.717, 1.165) is 11.3 Å². The lowest BCUT2D eigenvalue weighted by atomic mass is 10.2. The zero-order valence-corrected chi connectivity index (χ0v) is 9.60. The first-order chi connectivity index (χ1) is 7.13. The second-order valence-corrected chi connectivity index (χ2v) is 3.55. The number of hydrogen-bond donors (Lipinski definition) is 1. The maximum absolute atomic E-state index is 11.1. The van der Waals surface area contributed by atoms with Crippen molar-refractivity contribution in [3.8, 4) is 0 Å². The molecule has 0 bridgehead atoms. The Morgan fingerprint density at radius 1 is 1.53 bits per heavy atom. The van der Waals surface area contributed by atoms with Gasteiger partial charge in [-0.3, -0.25) is 4.79 Å². The summed E-state index contributed by atoms with van der Waals surface area (Å²) in [6.45, 7) is 4.27. The van der Waals surface area contributed by atoms with Crippen molar-refractivity contribution < 1.29 is 9.53 Å². The maximum Gasteiger partial charge on any atom is 0.325 e.